The van der Waals surface area contributed by atoms with Crippen molar-refractivity contribution >= 4 is 21.7 Å². The summed E-state index contributed by atoms with van der Waals surface area (Å²) >= 11 is 2.96. The molecule has 2 aromatic carbocycles. The molecule has 0 heterocycles. The highest BCUT2D eigenvalue weighted by atomic mass is 79.9. The van der Waals surface area contributed by atoms with Crippen molar-refractivity contribution in [2.75, 3.05) is 7.11 Å². The van der Waals surface area contributed by atoms with Crippen LogP contribution >= 0.6 is 15.9 Å². The summed E-state index contributed by atoms with van der Waals surface area (Å²) in [6, 6.07) is 8.15. The van der Waals surface area contributed by atoms with E-state index >= 15 is 0 Å². The Morgan fingerprint density at radius 3 is 2.11 bits per heavy atom. The van der Waals surface area contributed by atoms with E-state index in [1.165, 1.54) is 19.2 Å². The van der Waals surface area contributed by atoms with Crippen LogP contribution in [0.25, 0.3) is 0 Å². The number of hydrogen-bond acceptors (Lipinski definition) is 2. The second-order valence-electron chi connectivity index (χ2n) is 3.80. The van der Waals surface area contributed by atoms with E-state index in [4.69, 9.17) is 4.74 Å². The Balaban J connectivity index is 2.44. The van der Waals surface area contributed by atoms with E-state index < -0.39 is 23.0 Å². The fourth-order valence-electron chi connectivity index (χ4n) is 1.65. The molecule has 0 atom stereocenters. The lowest BCUT2D eigenvalue weighted by Crippen LogP contribution is -2.07. The molecule has 0 radical (unpaired) electrons. The second kappa shape index (κ2) is 5.48. The molecule has 0 saturated heterocycles. The zero-order valence-corrected chi connectivity index (χ0v) is 11.5. The van der Waals surface area contributed by atoms with E-state index in [0.29, 0.717) is 5.75 Å². The van der Waals surface area contributed by atoms with Crippen LogP contribution in [0, 0.1) is 11.6 Å². The summed E-state index contributed by atoms with van der Waals surface area (Å²) in [4.78, 5) is 12.1. The predicted molar refractivity (Wildman–Crippen MR) is 70.5 cm³/mol. The first-order chi connectivity index (χ1) is 9.02. The Labute approximate surface area is 117 Å². The Hall–Kier alpha value is -1.75. The maximum absolute atomic E-state index is 13.7. The molecule has 2 aromatic rings. The molecular weight excluding hydrogens is 318 g/mol. The van der Waals surface area contributed by atoms with E-state index in [1.807, 2.05) is 0 Å². The number of carbonyl (C=O) groups excluding carboxylic acids is 1. The topological polar surface area (TPSA) is 26.3 Å². The number of ketones is 1. The minimum Gasteiger partial charge on any atom is -0.497 e. The van der Waals surface area contributed by atoms with Gasteiger partial charge in [0.2, 0.25) is 0 Å². The van der Waals surface area contributed by atoms with E-state index in [0.717, 1.165) is 12.1 Å². The number of carbonyl (C=O) groups is 1. The van der Waals surface area contributed by atoms with Crippen LogP contribution in [0.3, 0.4) is 0 Å². The molecule has 0 amide bonds. The molecule has 0 aliphatic heterocycles. The van der Waals surface area contributed by atoms with E-state index in [-0.39, 0.29) is 10.0 Å². The first kappa shape index (κ1) is 13.7. The third kappa shape index (κ3) is 2.81. The van der Waals surface area contributed by atoms with Crippen LogP contribution in [0.4, 0.5) is 8.78 Å². The van der Waals surface area contributed by atoms with Gasteiger partial charge in [0.05, 0.1) is 12.7 Å². The normalized spacial score (nSPS) is 10.3. The number of rotatable bonds is 3. The van der Waals surface area contributed by atoms with Gasteiger partial charge in [0, 0.05) is 10.0 Å². The SMILES string of the molecule is COc1ccc(C(=O)c2c(F)cc(Br)cc2F)cc1. The average Bonchev–Trinajstić information content (AvgIpc) is 2.37. The van der Waals surface area contributed by atoms with Crippen LogP contribution in [-0.4, -0.2) is 12.9 Å². The van der Waals surface area contributed by atoms with Crippen molar-refractivity contribution in [3.05, 3.63) is 63.6 Å². The summed E-state index contributed by atoms with van der Waals surface area (Å²) in [5, 5.41) is 0. The van der Waals surface area contributed by atoms with Crippen LogP contribution in [0.2, 0.25) is 0 Å². The zero-order valence-electron chi connectivity index (χ0n) is 9.91. The monoisotopic (exact) mass is 326 g/mol. The summed E-state index contributed by atoms with van der Waals surface area (Å²) in [6.07, 6.45) is 0. The third-order valence-electron chi connectivity index (χ3n) is 2.59. The molecule has 0 aliphatic carbocycles. The van der Waals surface area contributed by atoms with Crippen LogP contribution < -0.4 is 4.74 Å². The Morgan fingerprint density at radius 2 is 1.63 bits per heavy atom. The fourth-order valence-corrected chi connectivity index (χ4v) is 2.05. The van der Waals surface area contributed by atoms with Crippen molar-refractivity contribution in [3.63, 3.8) is 0 Å². The highest BCUT2D eigenvalue weighted by Gasteiger charge is 2.19. The lowest BCUT2D eigenvalue weighted by atomic mass is 10.0. The van der Waals surface area contributed by atoms with Crippen LogP contribution in [0.15, 0.2) is 40.9 Å². The predicted octanol–water partition coefficient (Wildman–Crippen LogP) is 3.97. The van der Waals surface area contributed by atoms with E-state index in [1.54, 1.807) is 12.1 Å². The minimum absolute atomic E-state index is 0.195. The lowest BCUT2D eigenvalue weighted by Gasteiger charge is -2.06. The number of hydrogen-bond donors (Lipinski definition) is 0. The molecular formula is C14H9BrF2O2. The maximum Gasteiger partial charge on any atom is 0.198 e. The van der Waals surface area contributed by atoms with Gasteiger partial charge in [-0.15, -0.1) is 0 Å². The zero-order chi connectivity index (χ0) is 14.0. The smallest absolute Gasteiger partial charge is 0.198 e. The van der Waals surface area contributed by atoms with Gasteiger partial charge in [-0.25, -0.2) is 8.78 Å². The quantitative estimate of drug-likeness (QED) is 0.798. The minimum atomic E-state index is -0.896. The Morgan fingerprint density at radius 1 is 1.11 bits per heavy atom. The Bertz CT molecular complexity index is 601. The highest BCUT2D eigenvalue weighted by Crippen LogP contribution is 2.23. The molecule has 2 nitrogen and oxygen atoms in total. The van der Waals surface area contributed by atoms with Crippen molar-refractivity contribution in [3.8, 4) is 5.75 Å². The average molecular weight is 327 g/mol. The molecule has 0 unspecified atom stereocenters. The summed E-state index contributed by atoms with van der Waals surface area (Å²) in [7, 11) is 1.49. The fraction of sp³-hybridized carbons (Fsp3) is 0.0714. The molecule has 0 saturated carbocycles. The number of benzene rings is 2. The molecule has 0 bridgehead atoms. The summed E-state index contributed by atoms with van der Waals surface area (Å²) in [5.74, 6) is -1.93. The molecule has 0 N–H and O–H groups in total. The maximum atomic E-state index is 13.7. The second-order valence-corrected chi connectivity index (χ2v) is 4.72. The van der Waals surface area contributed by atoms with Crippen molar-refractivity contribution in [2.45, 2.75) is 0 Å². The summed E-state index contributed by atoms with van der Waals surface area (Å²) in [5.41, 5.74) is -0.366. The highest BCUT2D eigenvalue weighted by molar-refractivity contribution is 9.10. The van der Waals surface area contributed by atoms with Gasteiger partial charge in [-0.2, -0.15) is 0 Å². The molecule has 0 fully saturated rings. The first-order valence-corrected chi connectivity index (χ1v) is 6.15. The van der Waals surface area contributed by atoms with Crippen molar-refractivity contribution < 1.29 is 18.3 Å². The van der Waals surface area contributed by atoms with Gasteiger partial charge in [0.1, 0.15) is 17.4 Å². The van der Waals surface area contributed by atoms with Crippen molar-refractivity contribution in [1.82, 2.24) is 0 Å². The van der Waals surface area contributed by atoms with Gasteiger partial charge in [0.25, 0.3) is 0 Å². The summed E-state index contributed by atoms with van der Waals surface area (Å²) < 4.78 is 32.6. The first-order valence-electron chi connectivity index (χ1n) is 5.36. The van der Waals surface area contributed by atoms with Crippen molar-refractivity contribution in [2.24, 2.45) is 0 Å². The Kier molecular flexibility index (Phi) is 3.95. The molecule has 5 heteroatoms. The number of methoxy groups -OCH3 is 1. The lowest BCUT2D eigenvalue weighted by molar-refractivity contribution is 0.103. The molecule has 0 aromatic heterocycles. The van der Waals surface area contributed by atoms with Crippen LogP contribution in [0.5, 0.6) is 5.75 Å². The van der Waals surface area contributed by atoms with Gasteiger partial charge >= 0.3 is 0 Å². The molecule has 0 aliphatic rings. The van der Waals surface area contributed by atoms with Crippen molar-refractivity contribution in [1.29, 1.82) is 0 Å². The van der Waals surface area contributed by atoms with Crippen LogP contribution in [-0.2, 0) is 0 Å². The summed E-state index contributed by atoms with van der Waals surface area (Å²) in [6.45, 7) is 0. The number of halogens is 3. The van der Waals surface area contributed by atoms with Gasteiger partial charge in [0.15, 0.2) is 5.78 Å². The standard InChI is InChI=1S/C14H9BrF2O2/c1-19-10-4-2-8(3-5-10)14(18)13-11(16)6-9(15)7-12(13)17/h2-7H,1H3. The molecule has 0 spiro atoms. The van der Waals surface area contributed by atoms with E-state index in [2.05, 4.69) is 15.9 Å². The van der Waals surface area contributed by atoms with Crippen LogP contribution in [0.1, 0.15) is 15.9 Å². The molecule has 19 heavy (non-hydrogen) atoms. The van der Waals surface area contributed by atoms with Gasteiger partial charge in [-0.05, 0) is 36.4 Å². The molecule has 2 rings (SSSR count). The third-order valence-corrected chi connectivity index (χ3v) is 3.04. The van der Waals surface area contributed by atoms with Gasteiger partial charge in [-0.3, -0.25) is 4.79 Å². The van der Waals surface area contributed by atoms with Gasteiger partial charge in [-0.1, -0.05) is 15.9 Å². The number of ether oxygens (including phenoxy) is 1. The van der Waals surface area contributed by atoms with E-state index in [9.17, 15) is 13.6 Å². The van der Waals surface area contributed by atoms with Gasteiger partial charge < -0.3 is 4.74 Å². The molecule has 98 valence electrons. The largest absolute Gasteiger partial charge is 0.497 e.